The van der Waals surface area contributed by atoms with E-state index in [1.54, 1.807) is 30.0 Å². The zero-order valence-corrected chi connectivity index (χ0v) is 17.5. The van der Waals surface area contributed by atoms with Crippen molar-refractivity contribution >= 4 is 40.7 Å². The Morgan fingerprint density at radius 3 is 2.79 bits per heavy atom. The molecule has 3 atom stereocenters. The van der Waals surface area contributed by atoms with E-state index in [-0.39, 0.29) is 17.9 Å². The Bertz CT molecular complexity index is 709. The van der Waals surface area contributed by atoms with Crippen molar-refractivity contribution in [3.05, 3.63) is 28.2 Å². The van der Waals surface area contributed by atoms with Crippen LogP contribution in [0, 0.1) is 0 Å². The summed E-state index contributed by atoms with van der Waals surface area (Å²) in [5.74, 6) is -0.384. The van der Waals surface area contributed by atoms with Gasteiger partial charge in [0.2, 0.25) is 5.91 Å². The van der Waals surface area contributed by atoms with E-state index in [1.165, 1.54) is 0 Å². The largest absolute Gasteiger partial charge is 0.376 e. The van der Waals surface area contributed by atoms with Crippen LogP contribution in [0.1, 0.15) is 39.0 Å². The van der Waals surface area contributed by atoms with Gasteiger partial charge < -0.3 is 19.7 Å². The van der Waals surface area contributed by atoms with Gasteiger partial charge in [-0.15, -0.1) is 0 Å². The Kier molecular flexibility index (Phi) is 7.57. The van der Waals surface area contributed by atoms with Crippen molar-refractivity contribution in [2.24, 2.45) is 0 Å². The maximum absolute atomic E-state index is 12.9. The monoisotopic (exact) mass is 428 g/mol. The molecule has 3 unspecified atom stereocenters. The average molecular weight is 429 g/mol. The normalized spacial score (nSPS) is 23.5. The summed E-state index contributed by atoms with van der Waals surface area (Å²) in [6.45, 7) is 3.44. The van der Waals surface area contributed by atoms with Gasteiger partial charge in [-0.3, -0.25) is 9.59 Å². The van der Waals surface area contributed by atoms with Gasteiger partial charge in [0.05, 0.1) is 22.8 Å². The number of piperidine rings is 1. The third kappa shape index (κ3) is 5.38. The molecule has 0 aliphatic carbocycles. The summed E-state index contributed by atoms with van der Waals surface area (Å²) < 4.78 is 11.3. The number of likely N-dealkylation sites (tertiary alicyclic amines) is 1. The number of carbonyl (C=O) groups excluding carboxylic acids is 2. The molecule has 1 aromatic rings. The first-order chi connectivity index (χ1) is 13.5. The van der Waals surface area contributed by atoms with Crippen LogP contribution in [0.3, 0.4) is 0 Å². The number of benzene rings is 1. The second-order valence-corrected chi connectivity index (χ2v) is 8.09. The van der Waals surface area contributed by atoms with E-state index in [2.05, 4.69) is 5.32 Å². The molecule has 2 aliphatic rings. The molecule has 1 aromatic carbocycles. The van der Waals surface area contributed by atoms with Crippen LogP contribution in [0.25, 0.3) is 0 Å². The van der Waals surface area contributed by atoms with Gasteiger partial charge in [-0.1, -0.05) is 23.2 Å². The van der Waals surface area contributed by atoms with Crippen LogP contribution in [-0.4, -0.2) is 54.7 Å². The van der Waals surface area contributed by atoms with E-state index < -0.39 is 12.1 Å². The van der Waals surface area contributed by atoms with Crippen LogP contribution in [-0.2, 0) is 19.1 Å². The molecule has 0 saturated carbocycles. The minimum absolute atomic E-state index is 0.0605. The fourth-order valence-electron chi connectivity index (χ4n) is 3.60. The Hall–Kier alpha value is -1.34. The Morgan fingerprint density at radius 1 is 1.25 bits per heavy atom. The van der Waals surface area contributed by atoms with Crippen molar-refractivity contribution < 1.29 is 19.1 Å². The number of nitrogens with one attached hydrogen (secondary N) is 1. The Balaban J connectivity index is 1.60. The molecule has 2 aliphatic heterocycles. The number of amides is 2. The zero-order valence-electron chi connectivity index (χ0n) is 16.0. The summed E-state index contributed by atoms with van der Waals surface area (Å²) in [5.41, 5.74) is 0.556. The molecular weight excluding hydrogens is 403 g/mol. The number of rotatable bonds is 6. The van der Waals surface area contributed by atoms with Gasteiger partial charge in [-0.2, -0.15) is 0 Å². The summed E-state index contributed by atoms with van der Waals surface area (Å²) >= 11 is 11.9. The lowest BCUT2D eigenvalue weighted by atomic mass is 10.0. The summed E-state index contributed by atoms with van der Waals surface area (Å²) in [6.07, 6.45) is 3.83. The minimum Gasteiger partial charge on any atom is -0.376 e. The molecule has 1 N–H and O–H groups in total. The van der Waals surface area contributed by atoms with Crippen molar-refractivity contribution in [1.29, 1.82) is 0 Å². The third-order valence-electron chi connectivity index (χ3n) is 5.18. The van der Waals surface area contributed by atoms with Gasteiger partial charge in [0.25, 0.3) is 5.91 Å². The van der Waals surface area contributed by atoms with Gasteiger partial charge in [0.1, 0.15) is 12.1 Å². The van der Waals surface area contributed by atoms with E-state index >= 15 is 0 Å². The smallest absolute Gasteiger partial charge is 0.252 e. The fraction of sp³-hybridized carbons (Fsp3) is 0.600. The summed E-state index contributed by atoms with van der Waals surface area (Å²) in [5, 5.41) is 3.63. The van der Waals surface area contributed by atoms with E-state index in [1.807, 2.05) is 0 Å². The number of carbonyl (C=O) groups is 2. The average Bonchev–Trinajstić information content (AvgIpc) is 3.22. The molecular formula is C20H26Cl2N2O4. The molecule has 0 bridgehead atoms. The topological polar surface area (TPSA) is 67.9 Å². The highest BCUT2D eigenvalue weighted by atomic mass is 35.5. The maximum atomic E-state index is 12.9. The van der Waals surface area contributed by atoms with E-state index in [4.69, 9.17) is 32.7 Å². The molecule has 2 amide bonds. The van der Waals surface area contributed by atoms with Gasteiger partial charge in [-0.05, 0) is 57.2 Å². The van der Waals surface area contributed by atoms with Crippen molar-refractivity contribution in [1.82, 2.24) is 4.90 Å². The summed E-state index contributed by atoms with van der Waals surface area (Å²) in [7, 11) is 0. The molecule has 3 rings (SSSR count). The van der Waals surface area contributed by atoms with Gasteiger partial charge in [-0.25, -0.2) is 0 Å². The summed E-state index contributed by atoms with van der Waals surface area (Å²) in [4.78, 5) is 27.4. The van der Waals surface area contributed by atoms with Crippen molar-refractivity contribution in [2.45, 2.75) is 57.3 Å². The fourth-order valence-corrected chi connectivity index (χ4v) is 3.90. The molecule has 8 heteroatoms. The molecule has 2 saturated heterocycles. The van der Waals surface area contributed by atoms with Gasteiger partial charge in [0, 0.05) is 18.8 Å². The standard InChI is InChI=1S/C20H26Cl2N2O4/c1-13(28-12-15-5-4-10-27-15)20(26)24-9-3-2-6-18(24)19(25)23-14-7-8-16(21)17(22)11-14/h7-8,11,13,15,18H,2-6,9-10,12H2,1H3,(H,23,25). The van der Waals surface area contributed by atoms with Crippen molar-refractivity contribution in [3.8, 4) is 0 Å². The van der Waals surface area contributed by atoms with E-state index in [0.29, 0.717) is 35.3 Å². The Labute approximate surface area is 175 Å². The lowest BCUT2D eigenvalue weighted by Gasteiger charge is -2.36. The number of halogens is 2. The minimum atomic E-state index is -0.609. The van der Waals surface area contributed by atoms with Crippen LogP contribution in [0.2, 0.25) is 10.0 Å². The highest BCUT2D eigenvalue weighted by Crippen LogP contribution is 2.26. The first kappa shape index (κ1) is 21.4. The van der Waals surface area contributed by atoms with Crippen molar-refractivity contribution in [2.75, 3.05) is 25.1 Å². The summed E-state index contributed by atoms with van der Waals surface area (Å²) in [6, 6.07) is 4.40. The number of hydrogen-bond donors (Lipinski definition) is 1. The molecule has 0 radical (unpaired) electrons. The maximum Gasteiger partial charge on any atom is 0.252 e. The number of ether oxygens (including phenoxy) is 2. The number of nitrogens with zero attached hydrogens (tertiary/aromatic N) is 1. The lowest BCUT2D eigenvalue weighted by molar-refractivity contribution is -0.151. The van der Waals surface area contributed by atoms with E-state index in [0.717, 1.165) is 32.3 Å². The highest BCUT2D eigenvalue weighted by Gasteiger charge is 2.35. The molecule has 28 heavy (non-hydrogen) atoms. The third-order valence-corrected chi connectivity index (χ3v) is 5.92. The van der Waals surface area contributed by atoms with Crippen LogP contribution in [0.4, 0.5) is 5.69 Å². The predicted molar refractivity (Wildman–Crippen MR) is 109 cm³/mol. The highest BCUT2D eigenvalue weighted by molar-refractivity contribution is 6.42. The van der Waals surface area contributed by atoms with Crippen LogP contribution in [0.5, 0.6) is 0 Å². The van der Waals surface area contributed by atoms with Crippen molar-refractivity contribution in [3.63, 3.8) is 0 Å². The number of hydrogen-bond acceptors (Lipinski definition) is 4. The van der Waals surface area contributed by atoms with Crippen LogP contribution >= 0.6 is 23.2 Å². The van der Waals surface area contributed by atoms with E-state index in [9.17, 15) is 9.59 Å². The lowest BCUT2D eigenvalue weighted by Crippen LogP contribution is -2.53. The second kappa shape index (κ2) is 9.92. The number of anilines is 1. The quantitative estimate of drug-likeness (QED) is 0.745. The first-order valence-corrected chi connectivity index (χ1v) is 10.5. The van der Waals surface area contributed by atoms with Gasteiger partial charge >= 0.3 is 0 Å². The Morgan fingerprint density at radius 2 is 2.07 bits per heavy atom. The first-order valence-electron chi connectivity index (χ1n) is 9.75. The molecule has 2 fully saturated rings. The predicted octanol–water partition coefficient (Wildman–Crippen LogP) is 3.90. The molecule has 0 aromatic heterocycles. The molecule has 0 spiro atoms. The molecule has 6 nitrogen and oxygen atoms in total. The second-order valence-electron chi connectivity index (χ2n) is 7.27. The van der Waals surface area contributed by atoms with Crippen LogP contribution in [0.15, 0.2) is 18.2 Å². The van der Waals surface area contributed by atoms with Gasteiger partial charge in [0.15, 0.2) is 0 Å². The van der Waals surface area contributed by atoms with Crippen LogP contribution < -0.4 is 5.32 Å². The molecule has 2 heterocycles. The zero-order chi connectivity index (χ0) is 20.1. The molecule has 154 valence electrons. The SMILES string of the molecule is CC(OCC1CCCO1)C(=O)N1CCCCC1C(=O)Nc1ccc(Cl)c(Cl)c1.